The van der Waals surface area contributed by atoms with Crippen LogP contribution in [-0.4, -0.2) is 38.3 Å². The van der Waals surface area contributed by atoms with Crippen molar-refractivity contribution >= 4 is 0 Å². The number of hydrogen-bond donors (Lipinski definition) is 0. The molecule has 72 valence electrons. The summed E-state index contributed by atoms with van der Waals surface area (Å²) in [6.45, 7) is 4.87. The molecule has 3 heteroatoms. The van der Waals surface area contributed by atoms with Crippen molar-refractivity contribution in [3.8, 4) is 0 Å². The van der Waals surface area contributed by atoms with Gasteiger partial charge in [0.15, 0.2) is 0 Å². The van der Waals surface area contributed by atoms with Gasteiger partial charge in [0.05, 0.1) is 19.0 Å². The van der Waals surface area contributed by atoms with E-state index in [1.54, 1.807) is 0 Å². The lowest BCUT2D eigenvalue weighted by Crippen LogP contribution is -2.18. The Morgan fingerprint density at radius 1 is 1.50 bits per heavy atom. The van der Waals surface area contributed by atoms with Crippen LogP contribution in [0, 0.1) is 0 Å². The van der Waals surface area contributed by atoms with Crippen LogP contribution in [0.2, 0.25) is 0 Å². The van der Waals surface area contributed by atoms with Gasteiger partial charge in [0, 0.05) is 6.54 Å². The average molecular weight is 175 g/mol. The third-order valence-electron chi connectivity index (χ3n) is 1.28. The number of ether oxygens (including phenoxy) is 1. The van der Waals surface area contributed by atoms with Gasteiger partial charge in [-0.2, -0.15) is 0 Å². The Balaban J connectivity index is 3.70. The summed E-state index contributed by atoms with van der Waals surface area (Å²) < 4.78 is 17.5. The Hall–Kier alpha value is -0.410. The van der Waals surface area contributed by atoms with Gasteiger partial charge in [0.1, 0.15) is 0 Å². The van der Waals surface area contributed by atoms with Crippen LogP contribution in [0.3, 0.4) is 0 Å². The van der Waals surface area contributed by atoms with E-state index in [1.807, 2.05) is 32.8 Å². The van der Waals surface area contributed by atoms with Gasteiger partial charge in [-0.15, -0.1) is 0 Å². The van der Waals surface area contributed by atoms with Crippen LogP contribution in [-0.2, 0) is 4.74 Å². The van der Waals surface area contributed by atoms with Gasteiger partial charge in [0.2, 0.25) is 0 Å². The van der Waals surface area contributed by atoms with E-state index < -0.39 is 0 Å². The van der Waals surface area contributed by atoms with Crippen LogP contribution < -0.4 is 0 Å². The van der Waals surface area contributed by atoms with E-state index in [-0.39, 0.29) is 6.10 Å². The van der Waals surface area contributed by atoms with E-state index in [0.717, 1.165) is 0 Å². The molecule has 0 saturated heterocycles. The molecule has 0 aromatic rings. The largest absolute Gasteiger partial charge is 0.374 e. The summed E-state index contributed by atoms with van der Waals surface area (Å²) in [6, 6.07) is 0. The fourth-order valence-electron chi connectivity index (χ4n) is 0.792. The fraction of sp³-hybridized carbons (Fsp3) is 0.778. The molecule has 0 bridgehead atoms. The summed E-state index contributed by atoms with van der Waals surface area (Å²) in [7, 11) is 3.80. The molecule has 0 radical (unpaired) electrons. The van der Waals surface area contributed by atoms with Crippen LogP contribution >= 0.6 is 0 Å². The minimum absolute atomic E-state index is 0.155. The molecular formula is C9H18FNO. The quantitative estimate of drug-likeness (QED) is 0.632. The molecule has 0 rings (SSSR count). The summed E-state index contributed by atoms with van der Waals surface area (Å²) in [5, 5.41) is 0. The zero-order chi connectivity index (χ0) is 9.56. The van der Waals surface area contributed by atoms with Crippen LogP contribution in [0.5, 0.6) is 0 Å². The summed E-state index contributed by atoms with van der Waals surface area (Å²) in [4.78, 5) is 1.91. The van der Waals surface area contributed by atoms with Gasteiger partial charge < -0.3 is 9.64 Å². The van der Waals surface area contributed by atoms with Crippen LogP contribution in [0.1, 0.15) is 13.8 Å². The average Bonchev–Trinajstić information content (AvgIpc) is 1.97. The minimum atomic E-state index is 0.155. The number of nitrogens with zero attached hydrogens (tertiary/aromatic N) is 1. The van der Waals surface area contributed by atoms with E-state index in [9.17, 15) is 4.39 Å². The Bertz CT molecular complexity index is 143. The standard InChI is InChI=1S/C9H18FNO/c1-8(2)12-7-9(5-10)6-11(3)4/h5,8H,6-7H2,1-4H3/b9-5+. The lowest BCUT2D eigenvalue weighted by atomic mass is 10.3. The monoisotopic (exact) mass is 175 g/mol. The topological polar surface area (TPSA) is 12.5 Å². The molecule has 0 unspecified atom stereocenters. The first kappa shape index (κ1) is 11.6. The zero-order valence-corrected chi connectivity index (χ0v) is 8.30. The van der Waals surface area contributed by atoms with Crippen molar-refractivity contribution in [2.24, 2.45) is 0 Å². The smallest absolute Gasteiger partial charge is 0.0894 e. The molecule has 2 nitrogen and oxygen atoms in total. The Morgan fingerprint density at radius 3 is 2.42 bits per heavy atom. The second-order valence-electron chi connectivity index (χ2n) is 3.36. The van der Waals surface area contributed by atoms with Crippen molar-refractivity contribution in [3.05, 3.63) is 11.9 Å². The van der Waals surface area contributed by atoms with Crippen molar-refractivity contribution in [2.45, 2.75) is 20.0 Å². The molecule has 0 spiro atoms. The van der Waals surface area contributed by atoms with E-state index in [1.165, 1.54) is 0 Å². The second-order valence-corrected chi connectivity index (χ2v) is 3.36. The fourth-order valence-corrected chi connectivity index (χ4v) is 0.792. The summed E-state index contributed by atoms with van der Waals surface area (Å²) in [5.74, 6) is 0. The van der Waals surface area contributed by atoms with Crippen molar-refractivity contribution in [1.29, 1.82) is 0 Å². The van der Waals surface area contributed by atoms with Crippen molar-refractivity contribution in [3.63, 3.8) is 0 Å². The van der Waals surface area contributed by atoms with Gasteiger partial charge >= 0.3 is 0 Å². The Kier molecular flexibility index (Phi) is 5.93. The van der Waals surface area contributed by atoms with Crippen LogP contribution in [0.15, 0.2) is 11.9 Å². The molecule has 0 aromatic carbocycles. The van der Waals surface area contributed by atoms with E-state index >= 15 is 0 Å². The first-order chi connectivity index (χ1) is 5.56. The molecule has 0 saturated carbocycles. The summed E-state index contributed by atoms with van der Waals surface area (Å²) >= 11 is 0. The Morgan fingerprint density at radius 2 is 2.08 bits per heavy atom. The highest BCUT2D eigenvalue weighted by Gasteiger charge is 2.01. The van der Waals surface area contributed by atoms with Gasteiger partial charge in [0.25, 0.3) is 0 Å². The maximum atomic E-state index is 12.2. The summed E-state index contributed by atoms with van der Waals surface area (Å²) in [6.07, 6.45) is 0.782. The number of hydrogen-bond acceptors (Lipinski definition) is 2. The van der Waals surface area contributed by atoms with E-state index in [4.69, 9.17) is 4.74 Å². The lowest BCUT2D eigenvalue weighted by molar-refractivity contribution is 0.0937. The molecule has 0 aromatic heterocycles. The normalized spacial score (nSPS) is 13.1. The molecular weight excluding hydrogens is 157 g/mol. The molecule has 0 aliphatic rings. The molecule has 0 N–H and O–H groups in total. The van der Waals surface area contributed by atoms with Gasteiger partial charge in [-0.3, -0.25) is 0 Å². The summed E-state index contributed by atoms with van der Waals surface area (Å²) in [5.41, 5.74) is 0.675. The Labute approximate surface area is 74.0 Å². The molecule has 0 atom stereocenters. The van der Waals surface area contributed by atoms with Gasteiger partial charge in [-0.25, -0.2) is 4.39 Å². The zero-order valence-electron chi connectivity index (χ0n) is 8.30. The maximum Gasteiger partial charge on any atom is 0.0894 e. The number of halogens is 1. The minimum Gasteiger partial charge on any atom is -0.374 e. The molecule has 0 heterocycles. The number of likely N-dealkylation sites (N-methyl/N-ethyl adjacent to an activating group) is 1. The third kappa shape index (κ3) is 6.31. The van der Waals surface area contributed by atoms with Crippen molar-refractivity contribution in [2.75, 3.05) is 27.2 Å². The van der Waals surface area contributed by atoms with Crippen molar-refractivity contribution in [1.82, 2.24) is 4.90 Å². The van der Waals surface area contributed by atoms with E-state index in [0.29, 0.717) is 25.1 Å². The number of rotatable bonds is 5. The second kappa shape index (κ2) is 6.14. The van der Waals surface area contributed by atoms with Crippen LogP contribution in [0.25, 0.3) is 0 Å². The highest BCUT2D eigenvalue weighted by atomic mass is 19.1. The molecule has 0 amide bonds. The van der Waals surface area contributed by atoms with Crippen molar-refractivity contribution < 1.29 is 9.13 Å². The highest BCUT2D eigenvalue weighted by Crippen LogP contribution is 2.00. The first-order valence-electron chi connectivity index (χ1n) is 4.10. The lowest BCUT2D eigenvalue weighted by Gasteiger charge is -2.13. The van der Waals surface area contributed by atoms with Gasteiger partial charge in [-0.05, 0) is 33.5 Å². The highest BCUT2D eigenvalue weighted by molar-refractivity contribution is 5.00. The first-order valence-corrected chi connectivity index (χ1v) is 4.10. The molecule has 0 aliphatic heterocycles. The van der Waals surface area contributed by atoms with Gasteiger partial charge in [-0.1, -0.05) is 0 Å². The third-order valence-corrected chi connectivity index (χ3v) is 1.28. The predicted octanol–water partition coefficient (Wildman–Crippen LogP) is 1.83. The van der Waals surface area contributed by atoms with Crippen LogP contribution in [0.4, 0.5) is 4.39 Å². The van der Waals surface area contributed by atoms with E-state index in [2.05, 4.69) is 0 Å². The maximum absolute atomic E-state index is 12.2. The predicted molar refractivity (Wildman–Crippen MR) is 48.8 cm³/mol. The SMILES string of the molecule is CC(C)OC/C(=C/F)CN(C)C. The molecule has 0 aliphatic carbocycles. The molecule has 12 heavy (non-hydrogen) atoms. The molecule has 0 fully saturated rings.